The van der Waals surface area contributed by atoms with E-state index in [1.54, 1.807) is 31.3 Å². The number of H-pyrrole nitrogens is 1. The second kappa shape index (κ2) is 6.26. The lowest BCUT2D eigenvalue weighted by Gasteiger charge is -2.17. The van der Waals surface area contributed by atoms with Gasteiger partial charge in [0.05, 0.1) is 23.0 Å². The van der Waals surface area contributed by atoms with E-state index in [4.69, 9.17) is 16.3 Å². The summed E-state index contributed by atoms with van der Waals surface area (Å²) in [6, 6.07) is 6.39. The highest BCUT2D eigenvalue weighted by Crippen LogP contribution is 2.43. The number of fused-ring (bicyclic) bond motifs is 1. The number of para-hydroxylation sites is 1. The van der Waals surface area contributed by atoms with Crippen LogP contribution in [0, 0.1) is 6.92 Å². The zero-order chi connectivity index (χ0) is 19.3. The molecule has 1 atom stereocenters. The highest BCUT2D eigenvalue weighted by atomic mass is 35.5. The van der Waals surface area contributed by atoms with E-state index in [1.165, 1.54) is 6.07 Å². The molecule has 2 aromatic heterocycles. The van der Waals surface area contributed by atoms with Crippen LogP contribution in [0.25, 0.3) is 5.69 Å². The number of nitrogens with zero attached hydrogens (tertiary/aromatic N) is 2. The molecule has 1 aliphatic rings. The van der Waals surface area contributed by atoms with Gasteiger partial charge in [-0.3, -0.25) is 14.8 Å². The van der Waals surface area contributed by atoms with E-state index in [1.807, 2.05) is 0 Å². The van der Waals surface area contributed by atoms with Crippen LogP contribution in [0.1, 0.15) is 28.5 Å². The van der Waals surface area contributed by atoms with E-state index < -0.39 is 23.2 Å². The van der Waals surface area contributed by atoms with Crippen LogP contribution in [-0.4, -0.2) is 24.7 Å². The monoisotopic (exact) mass is 387 g/mol. The van der Waals surface area contributed by atoms with Crippen molar-refractivity contribution in [2.75, 3.05) is 0 Å². The van der Waals surface area contributed by atoms with Crippen molar-refractivity contribution in [1.82, 2.24) is 14.5 Å². The van der Waals surface area contributed by atoms with E-state index in [0.717, 1.165) is 4.57 Å². The number of benzene rings is 1. The molecule has 9 heteroatoms. The number of hydrogen-bond acceptors (Lipinski definition) is 6. The fourth-order valence-corrected chi connectivity index (χ4v) is 3.40. The lowest BCUT2D eigenvalue weighted by Crippen LogP contribution is -2.32. The van der Waals surface area contributed by atoms with Gasteiger partial charge in [0, 0.05) is 17.3 Å². The standard InChI is InChI=1S/C18H14ClN3O5/c1-8-14(23)12-9(6-20-8)7-27-15(12)13-16(24)21-18(26)22(17(13)25)11-5-3-2-4-10(11)19/h2-6,15,23,25H,7H2,1H3,(H,21,24,26)/t15-/m0/s1. The van der Waals surface area contributed by atoms with Gasteiger partial charge in [0.1, 0.15) is 17.4 Å². The molecule has 0 saturated heterocycles. The molecule has 1 aliphatic heterocycles. The summed E-state index contributed by atoms with van der Waals surface area (Å²) >= 11 is 6.14. The minimum Gasteiger partial charge on any atom is -0.506 e. The lowest BCUT2D eigenvalue weighted by molar-refractivity contribution is 0.0891. The van der Waals surface area contributed by atoms with E-state index >= 15 is 0 Å². The van der Waals surface area contributed by atoms with Crippen LogP contribution in [0.5, 0.6) is 11.6 Å². The predicted molar refractivity (Wildman–Crippen MR) is 96.6 cm³/mol. The van der Waals surface area contributed by atoms with Gasteiger partial charge in [-0.05, 0) is 19.1 Å². The number of pyridine rings is 1. The Morgan fingerprint density at radius 3 is 2.74 bits per heavy atom. The van der Waals surface area contributed by atoms with Crippen molar-refractivity contribution in [1.29, 1.82) is 0 Å². The molecular weight excluding hydrogens is 374 g/mol. The minimum absolute atomic E-state index is 0.102. The van der Waals surface area contributed by atoms with Gasteiger partial charge in [0.15, 0.2) is 0 Å². The van der Waals surface area contributed by atoms with Crippen molar-refractivity contribution < 1.29 is 14.9 Å². The molecule has 3 aromatic rings. The van der Waals surface area contributed by atoms with Gasteiger partial charge >= 0.3 is 5.69 Å². The van der Waals surface area contributed by atoms with Crippen LogP contribution in [-0.2, 0) is 11.3 Å². The molecule has 0 saturated carbocycles. The van der Waals surface area contributed by atoms with Crippen molar-refractivity contribution in [3.05, 3.63) is 78.7 Å². The second-order valence-electron chi connectivity index (χ2n) is 6.11. The third-order valence-electron chi connectivity index (χ3n) is 4.50. The molecule has 0 aliphatic carbocycles. The van der Waals surface area contributed by atoms with E-state index in [0.29, 0.717) is 16.8 Å². The SMILES string of the molecule is Cc1ncc2c(c1O)[C@@H](c1c(O)n(-c3ccccc3Cl)c(=O)[nH]c1=O)OC2. The van der Waals surface area contributed by atoms with Crippen LogP contribution in [0.15, 0.2) is 40.1 Å². The lowest BCUT2D eigenvalue weighted by atomic mass is 10.00. The second-order valence-corrected chi connectivity index (χ2v) is 6.51. The predicted octanol–water partition coefficient (Wildman–Crippen LogP) is 1.91. The van der Waals surface area contributed by atoms with Gasteiger partial charge in [-0.25, -0.2) is 9.36 Å². The van der Waals surface area contributed by atoms with E-state index in [-0.39, 0.29) is 28.6 Å². The Morgan fingerprint density at radius 2 is 2.00 bits per heavy atom. The smallest absolute Gasteiger partial charge is 0.335 e. The number of rotatable bonds is 2. The first-order chi connectivity index (χ1) is 12.9. The van der Waals surface area contributed by atoms with Crippen LogP contribution >= 0.6 is 11.6 Å². The molecule has 3 heterocycles. The van der Waals surface area contributed by atoms with E-state index in [9.17, 15) is 19.8 Å². The molecule has 0 radical (unpaired) electrons. The number of hydrogen-bond donors (Lipinski definition) is 3. The molecule has 1 aromatic carbocycles. The average molecular weight is 388 g/mol. The fraction of sp³-hybridized carbons (Fsp3) is 0.167. The summed E-state index contributed by atoms with van der Waals surface area (Å²) in [4.78, 5) is 31.1. The summed E-state index contributed by atoms with van der Waals surface area (Å²) in [5.41, 5.74) is -0.360. The van der Waals surface area contributed by atoms with Gasteiger partial charge < -0.3 is 14.9 Å². The van der Waals surface area contributed by atoms with Gasteiger partial charge in [-0.15, -0.1) is 0 Å². The fourth-order valence-electron chi connectivity index (χ4n) is 3.18. The van der Waals surface area contributed by atoms with Crippen LogP contribution in [0.3, 0.4) is 0 Å². The first-order valence-electron chi connectivity index (χ1n) is 8.02. The van der Waals surface area contributed by atoms with Crippen LogP contribution in [0.4, 0.5) is 0 Å². The normalized spacial score (nSPS) is 15.7. The number of halogens is 1. The molecule has 0 unspecified atom stereocenters. The number of aromatic hydroxyl groups is 2. The first-order valence-corrected chi connectivity index (χ1v) is 8.40. The van der Waals surface area contributed by atoms with Crippen molar-refractivity contribution in [3.63, 3.8) is 0 Å². The minimum atomic E-state index is -1.06. The Morgan fingerprint density at radius 1 is 1.26 bits per heavy atom. The summed E-state index contributed by atoms with van der Waals surface area (Å²) < 4.78 is 6.53. The van der Waals surface area contributed by atoms with Crippen molar-refractivity contribution in [3.8, 4) is 17.3 Å². The Labute approximate surface area is 157 Å². The number of aryl methyl sites for hydroxylation is 1. The Bertz CT molecular complexity index is 1180. The molecule has 0 amide bonds. The van der Waals surface area contributed by atoms with Crippen LogP contribution < -0.4 is 11.2 Å². The van der Waals surface area contributed by atoms with Crippen molar-refractivity contribution >= 4 is 11.6 Å². The van der Waals surface area contributed by atoms with Gasteiger partial charge in [0.2, 0.25) is 5.88 Å². The maximum atomic E-state index is 12.5. The number of nitrogens with one attached hydrogen (secondary N) is 1. The van der Waals surface area contributed by atoms with Gasteiger partial charge in [0.25, 0.3) is 5.56 Å². The van der Waals surface area contributed by atoms with Gasteiger partial charge in [-0.2, -0.15) is 0 Å². The third-order valence-corrected chi connectivity index (χ3v) is 4.82. The van der Waals surface area contributed by atoms with Gasteiger partial charge in [-0.1, -0.05) is 23.7 Å². The molecule has 0 bridgehead atoms. The maximum Gasteiger partial charge on any atom is 0.335 e. The summed E-state index contributed by atoms with van der Waals surface area (Å²) in [5, 5.41) is 21.4. The van der Waals surface area contributed by atoms with Crippen molar-refractivity contribution in [2.24, 2.45) is 0 Å². The topological polar surface area (TPSA) is 117 Å². The summed E-state index contributed by atoms with van der Waals surface area (Å²) in [6.45, 7) is 1.71. The summed E-state index contributed by atoms with van der Waals surface area (Å²) in [5.74, 6) is -0.729. The molecule has 3 N–H and O–H groups in total. The zero-order valence-electron chi connectivity index (χ0n) is 14.1. The molecule has 27 heavy (non-hydrogen) atoms. The summed E-state index contributed by atoms with van der Waals surface area (Å²) in [7, 11) is 0. The number of aromatic nitrogens is 3. The molecule has 8 nitrogen and oxygen atoms in total. The third kappa shape index (κ3) is 2.61. The summed E-state index contributed by atoms with van der Waals surface area (Å²) in [6.07, 6.45) is 0.486. The maximum absolute atomic E-state index is 12.5. The number of aromatic amines is 1. The van der Waals surface area contributed by atoms with Crippen molar-refractivity contribution in [2.45, 2.75) is 19.6 Å². The first kappa shape index (κ1) is 17.3. The highest BCUT2D eigenvalue weighted by Gasteiger charge is 2.35. The molecule has 4 rings (SSSR count). The number of ether oxygens (including phenoxy) is 1. The van der Waals surface area contributed by atoms with E-state index in [2.05, 4.69) is 9.97 Å². The Hall–Kier alpha value is -3.10. The largest absolute Gasteiger partial charge is 0.506 e. The highest BCUT2D eigenvalue weighted by molar-refractivity contribution is 6.32. The average Bonchev–Trinajstić information content (AvgIpc) is 3.04. The molecule has 0 spiro atoms. The molecular formula is C18H14ClN3O5. The Balaban J connectivity index is 1.99. The van der Waals surface area contributed by atoms with Crippen LogP contribution in [0.2, 0.25) is 5.02 Å². The molecule has 0 fully saturated rings. The zero-order valence-corrected chi connectivity index (χ0v) is 14.8. The molecule has 138 valence electrons. The Kier molecular flexibility index (Phi) is 4.01. The quantitative estimate of drug-likeness (QED) is 0.618.